The summed E-state index contributed by atoms with van der Waals surface area (Å²) >= 11 is 0. The van der Waals surface area contributed by atoms with Crippen molar-refractivity contribution in [3.8, 4) is 0 Å². The average molecular weight is 355 g/mol. The standard InChI is InChI=1S/C16H25N3O4S/c1-17(2)24(22,23)14-8-9-15(20)19(12-14)13-16(21)18-10-6-4-3-5-7-11-18/h8-9,12H,3-7,10-11,13H2,1-2H3. The predicted molar refractivity (Wildman–Crippen MR) is 91.2 cm³/mol. The Morgan fingerprint density at radius 3 is 2.25 bits per heavy atom. The summed E-state index contributed by atoms with van der Waals surface area (Å²) in [4.78, 5) is 26.3. The molecule has 8 heteroatoms. The first kappa shape index (κ1) is 18.7. The molecule has 7 nitrogen and oxygen atoms in total. The van der Waals surface area contributed by atoms with Gasteiger partial charge in [-0.25, -0.2) is 12.7 Å². The van der Waals surface area contributed by atoms with Crippen LogP contribution < -0.4 is 5.56 Å². The van der Waals surface area contributed by atoms with Crippen molar-refractivity contribution in [1.29, 1.82) is 0 Å². The molecule has 1 aromatic heterocycles. The summed E-state index contributed by atoms with van der Waals surface area (Å²) in [5.41, 5.74) is -0.381. The van der Waals surface area contributed by atoms with Gasteiger partial charge in [0, 0.05) is 39.4 Å². The van der Waals surface area contributed by atoms with Gasteiger partial charge in [-0.1, -0.05) is 19.3 Å². The van der Waals surface area contributed by atoms with Crippen molar-refractivity contribution in [1.82, 2.24) is 13.8 Å². The molecule has 0 unspecified atom stereocenters. The van der Waals surface area contributed by atoms with E-state index in [1.165, 1.54) is 43.4 Å². The summed E-state index contributed by atoms with van der Waals surface area (Å²) in [6.45, 7) is 1.27. The number of carbonyl (C=O) groups excluding carboxylic acids is 1. The van der Waals surface area contributed by atoms with Crippen LogP contribution in [0.25, 0.3) is 0 Å². The zero-order valence-corrected chi connectivity index (χ0v) is 15.1. The van der Waals surface area contributed by atoms with Gasteiger partial charge in [0.25, 0.3) is 5.56 Å². The molecule has 0 saturated carbocycles. The SMILES string of the molecule is CN(C)S(=O)(=O)c1ccc(=O)n(CC(=O)N2CCCCCCC2)c1. The van der Waals surface area contributed by atoms with Crippen molar-refractivity contribution < 1.29 is 13.2 Å². The third kappa shape index (κ3) is 4.45. The fourth-order valence-electron chi connectivity index (χ4n) is 2.74. The Kier molecular flexibility index (Phi) is 6.17. The fourth-order valence-corrected chi connectivity index (χ4v) is 3.66. The highest BCUT2D eigenvalue weighted by Crippen LogP contribution is 2.12. The van der Waals surface area contributed by atoms with Gasteiger partial charge in [0.15, 0.2) is 0 Å². The summed E-state index contributed by atoms with van der Waals surface area (Å²) in [5.74, 6) is -0.140. The normalized spacial score (nSPS) is 16.7. The average Bonchev–Trinajstić information content (AvgIpc) is 2.48. The third-order valence-corrected chi connectivity index (χ3v) is 6.05. The van der Waals surface area contributed by atoms with Crippen LogP contribution in [0.2, 0.25) is 0 Å². The molecule has 1 aliphatic rings. The highest BCUT2D eigenvalue weighted by molar-refractivity contribution is 7.89. The van der Waals surface area contributed by atoms with Gasteiger partial charge in [0.05, 0.1) is 4.90 Å². The Balaban J connectivity index is 2.19. The van der Waals surface area contributed by atoms with Gasteiger partial charge in [-0.15, -0.1) is 0 Å². The number of sulfonamides is 1. The minimum atomic E-state index is -3.64. The Hall–Kier alpha value is -1.67. The Morgan fingerprint density at radius 2 is 1.67 bits per heavy atom. The van der Waals surface area contributed by atoms with Crippen LogP contribution in [0.5, 0.6) is 0 Å². The van der Waals surface area contributed by atoms with E-state index in [1.807, 2.05) is 0 Å². The number of carbonyl (C=O) groups is 1. The molecule has 2 rings (SSSR count). The van der Waals surface area contributed by atoms with Crippen molar-refractivity contribution in [3.05, 3.63) is 28.7 Å². The lowest BCUT2D eigenvalue weighted by atomic mass is 10.1. The van der Waals surface area contributed by atoms with Crippen molar-refractivity contribution in [2.45, 2.75) is 43.5 Å². The molecule has 0 N–H and O–H groups in total. The minimum Gasteiger partial charge on any atom is -0.341 e. The maximum Gasteiger partial charge on any atom is 0.251 e. The van der Waals surface area contributed by atoms with Crippen LogP contribution in [0.1, 0.15) is 32.1 Å². The van der Waals surface area contributed by atoms with Gasteiger partial charge >= 0.3 is 0 Å². The Morgan fingerprint density at radius 1 is 1.08 bits per heavy atom. The van der Waals surface area contributed by atoms with E-state index in [1.54, 1.807) is 4.90 Å². The molecule has 0 atom stereocenters. The van der Waals surface area contributed by atoms with Gasteiger partial charge in [0.1, 0.15) is 6.54 Å². The van der Waals surface area contributed by atoms with Crippen LogP contribution in [0, 0.1) is 0 Å². The lowest BCUT2D eigenvalue weighted by Gasteiger charge is -2.25. The van der Waals surface area contributed by atoms with E-state index in [-0.39, 0.29) is 22.9 Å². The van der Waals surface area contributed by atoms with E-state index >= 15 is 0 Å². The van der Waals surface area contributed by atoms with Crippen LogP contribution in [-0.2, 0) is 21.4 Å². The molecule has 0 bridgehead atoms. The Bertz CT molecular complexity index is 732. The van der Waals surface area contributed by atoms with E-state index in [0.717, 1.165) is 30.0 Å². The number of hydrogen-bond acceptors (Lipinski definition) is 4. The zero-order chi connectivity index (χ0) is 17.7. The van der Waals surface area contributed by atoms with Gasteiger partial charge in [-0.3, -0.25) is 9.59 Å². The molecule has 0 spiro atoms. The summed E-state index contributed by atoms with van der Waals surface area (Å²) in [7, 11) is -0.785. The molecular weight excluding hydrogens is 330 g/mol. The lowest BCUT2D eigenvalue weighted by Crippen LogP contribution is -2.38. The molecule has 0 aromatic carbocycles. The third-order valence-electron chi connectivity index (χ3n) is 4.25. The molecule has 1 aliphatic heterocycles. The lowest BCUT2D eigenvalue weighted by molar-refractivity contribution is -0.132. The summed E-state index contributed by atoms with van der Waals surface area (Å²) in [5, 5.41) is 0. The minimum absolute atomic E-state index is 0.00701. The van der Waals surface area contributed by atoms with Crippen LogP contribution >= 0.6 is 0 Å². The number of hydrogen-bond donors (Lipinski definition) is 0. The predicted octanol–water partition coefficient (Wildman–Crippen LogP) is 0.891. The molecule has 1 aromatic rings. The smallest absolute Gasteiger partial charge is 0.251 e. The molecular formula is C16H25N3O4S. The van der Waals surface area contributed by atoms with Gasteiger partial charge in [-0.05, 0) is 18.9 Å². The van der Waals surface area contributed by atoms with Crippen LogP contribution in [0.4, 0.5) is 0 Å². The second-order valence-electron chi connectivity index (χ2n) is 6.27. The van der Waals surface area contributed by atoms with Crippen molar-refractivity contribution in [2.75, 3.05) is 27.2 Å². The van der Waals surface area contributed by atoms with Crippen molar-refractivity contribution in [2.24, 2.45) is 0 Å². The Labute approximate surface area is 142 Å². The molecule has 1 fully saturated rings. The van der Waals surface area contributed by atoms with Gasteiger partial charge in [-0.2, -0.15) is 0 Å². The molecule has 0 aliphatic carbocycles. The van der Waals surface area contributed by atoms with E-state index < -0.39 is 10.0 Å². The maximum absolute atomic E-state index is 12.5. The van der Waals surface area contributed by atoms with Crippen molar-refractivity contribution >= 4 is 15.9 Å². The monoisotopic (exact) mass is 355 g/mol. The molecule has 0 radical (unpaired) electrons. The quantitative estimate of drug-likeness (QED) is 0.803. The number of aromatic nitrogens is 1. The van der Waals surface area contributed by atoms with Crippen LogP contribution in [-0.4, -0.2) is 55.3 Å². The molecule has 1 saturated heterocycles. The first-order valence-electron chi connectivity index (χ1n) is 8.23. The second-order valence-corrected chi connectivity index (χ2v) is 8.42. The van der Waals surface area contributed by atoms with E-state index in [0.29, 0.717) is 13.1 Å². The number of rotatable bonds is 4. The largest absolute Gasteiger partial charge is 0.341 e. The van der Waals surface area contributed by atoms with E-state index in [2.05, 4.69) is 0 Å². The molecule has 1 amide bonds. The summed E-state index contributed by atoms with van der Waals surface area (Å²) in [6.07, 6.45) is 6.61. The fraction of sp³-hybridized carbons (Fsp3) is 0.625. The molecule has 24 heavy (non-hydrogen) atoms. The highest BCUT2D eigenvalue weighted by atomic mass is 32.2. The zero-order valence-electron chi connectivity index (χ0n) is 14.3. The van der Waals surface area contributed by atoms with Gasteiger partial charge < -0.3 is 9.47 Å². The highest BCUT2D eigenvalue weighted by Gasteiger charge is 2.20. The van der Waals surface area contributed by atoms with Crippen molar-refractivity contribution in [3.63, 3.8) is 0 Å². The van der Waals surface area contributed by atoms with Crippen LogP contribution in [0.15, 0.2) is 28.0 Å². The summed E-state index contributed by atoms with van der Waals surface area (Å²) in [6, 6.07) is 2.46. The number of nitrogens with zero attached hydrogens (tertiary/aromatic N) is 3. The molecule has 2 heterocycles. The number of amides is 1. The topological polar surface area (TPSA) is 79.7 Å². The first-order valence-corrected chi connectivity index (χ1v) is 9.67. The van der Waals surface area contributed by atoms with E-state index in [4.69, 9.17) is 0 Å². The number of likely N-dealkylation sites (tertiary alicyclic amines) is 1. The van der Waals surface area contributed by atoms with Crippen LogP contribution in [0.3, 0.4) is 0 Å². The maximum atomic E-state index is 12.5. The molecule has 134 valence electrons. The summed E-state index contributed by atoms with van der Waals surface area (Å²) < 4.78 is 26.6. The first-order chi connectivity index (χ1) is 11.3. The second kappa shape index (κ2) is 7.94. The van der Waals surface area contributed by atoms with Gasteiger partial charge in [0.2, 0.25) is 15.9 Å². The number of pyridine rings is 1. The van der Waals surface area contributed by atoms with E-state index in [9.17, 15) is 18.0 Å².